The summed E-state index contributed by atoms with van der Waals surface area (Å²) in [6, 6.07) is 3.33. The van der Waals surface area contributed by atoms with E-state index in [9.17, 15) is 18.4 Å². The van der Waals surface area contributed by atoms with Gasteiger partial charge in [0.15, 0.2) is 0 Å². The first kappa shape index (κ1) is 20.5. The second-order valence-corrected chi connectivity index (χ2v) is 8.58. The van der Waals surface area contributed by atoms with Gasteiger partial charge in [0.1, 0.15) is 17.4 Å². The fraction of sp³-hybridized carbons (Fsp3) is 0.619. The first-order chi connectivity index (χ1) is 12.1. The largest absolute Gasteiger partial charge is 0.369 e. The number of hydrogen-bond acceptors (Lipinski definition) is 2. The van der Waals surface area contributed by atoms with Gasteiger partial charge in [0.25, 0.3) is 0 Å². The summed E-state index contributed by atoms with van der Waals surface area (Å²) < 4.78 is 26.8. The average Bonchev–Trinajstić information content (AvgIpc) is 2.45. The lowest BCUT2D eigenvalue weighted by Crippen LogP contribution is -2.41. The van der Waals surface area contributed by atoms with Gasteiger partial charge in [0.05, 0.1) is 0 Å². The van der Waals surface area contributed by atoms with Crippen molar-refractivity contribution >= 4 is 11.7 Å². The molecule has 0 saturated heterocycles. The minimum atomic E-state index is -0.646. The van der Waals surface area contributed by atoms with Crippen LogP contribution in [-0.4, -0.2) is 11.7 Å². The average molecular weight is 365 g/mol. The number of rotatable bonds is 8. The molecule has 2 N–H and O–H groups in total. The summed E-state index contributed by atoms with van der Waals surface area (Å²) in [6.07, 6.45) is 4.60. The fourth-order valence-electron chi connectivity index (χ4n) is 3.72. The van der Waals surface area contributed by atoms with Gasteiger partial charge in [0, 0.05) is 23.3 Å². The van der Waals surface area contributed by atoms with Crippen LogP contribution in [0.2, 0.25) is 0 Å². The van der Waals surface area contributed by atoms with Gasteiger partial charge < -0.3 is 5.73 Å². The van der Waals surface area contributed by atoms with E-state index in [1.54, 1.807) is 0 Å². The first-order valence-corrected chi connectivity index (χ1v) is 9.36. The van der Waals surface area contributed by atoms with Crippen LogP contribution < -0.4 is 5.73 Å². The number of Topliss-reactive ketones (excluding diaryl/α,β-unsaturated/α-hetero) is 1. The Labute approximate surface area is 154 Å². The van der Waals surface area contributed by atoms with Crippen LogP contribution in [0, 0.1) is 34.8 Å². The minimum Gasteiger partial charge on any atom is -0.369 e. The van der Waals surface area contributed by atoms with E-state index < -0.39 is 34.8 Å². The highest BCUT2D eigenvalue weighted by atomic mass is 19.1. The van der Waals surface area contributed by atoms with Gasteiger partial charge in [-0.2, -0.15) is 0 Å². The van der Waals surface area contributed by atoms with Crippen LogP contribution in [0.25, 0.3) is 0 Å². The van der Waals surface area contributed by atoms with Gasteiger partial charge in [-0.1, -0.05) is 40.0 Å². The lowest BCUT2D eigenvalue weighted by Gasteiger charge is -2.35. The molecular formula is C21H29F2NO2. The van der Waals surface area contributed by atoms with Crippen LogP contribution in [-0.2, 0) is 16.0 Å². The number of hydrogen-bond donors (Lipinski definition) is 1. The maximum atomic E-state index is 13.4. The number of benzene rings is 1. The highest BCUT2D eigenvalue weighted by Crippen LogP contribution is 2.38. The Kier molecular flexibility index (Phi) is 6.53. The highest BCUT2D eigenvalue weighted by Gasteiger charge is 2.39. The van der Waals surface area contributed by atoms with Crippen molar-refractivity contribution in [2.45, 2.75) is 59.3 Å². The molecular weight excluding hydrogens is 336 g/mol. The molecule has 0 bridgehead atoms. The van der Waals surface area contributed by atoms with Crippen molar-refractivity contribution in [2.24, 2.45) is 28.9 Å². The molecule has 0 aliphatic heterocycles. The van der Waals surface area contributed by atoms with E-state index in [-0.39, 0.29) is 5.78 Å². The molecule has 1 amide bonds. The van der Waals surface area contributed by atoms with E-state index in [4.69, 9.17) is 5.73 Å². The van der Waals surface area contributed by atoms with Gasteiger partial charge >= 0.3 is 0 Å². The maximum Gasteiger partial charge on any atom is 0.221 e. The molecule has 1 aliphatic carbocycles. The van der Waals surface area contributed by atoms with Crippen LogP contribution >= 0.6 is 0 Å². The third-order valence-corrected chi connectivity index (χ3v) is 5.41. The van der Waals surface area contributed by atoms with E-state index in [1.807, 2.05) is 20.8 Å². The highest BCUT2D eigenvalue weighted by molar-refractivity contribution is 5.91. The minimum absolute atomic E-state index is 0.0404. The first-order valence-electron chi connectivity index (χ1n) is 9.36. The SMILES string of the molecule is CC(C)(C)C(=O)[C@H](CC1CCC1)[C@H](CCc1cc(F)cc(F)c1)C(N)=O. The third-order valence-electron chi connectivity index (χ3n) is 5.41. The Morgan fingerprint density at radius 3 is 2.12 bits per heavy atom. The van der Waals surface area contributed by atoms with Crippen LogP contribution in [0.3, 0.4) is 0 Å². The number of amides is 1. The van der Waals surface area contributed by atoms with E-state index in [0.717, 1.165) is 25.3 Å². The van der Waals surface area contributed by atoms with Crippen molar-refractivity contribution < 1.29 is 18.4 Å². The molecule has 0 radical (unpaired) electrons. The lowest BCUT2D eigenvalue weighted by molar-refractivity contribution is -0.138. The number of carbonyl (C=O) groups excluding carboxylic acids is 2. The molecule has 0 spiro atoms. The standard InChI is InChI=1S/C21H29F2NO2/c1-21(2,3)19(25)18(11-13-5-4-6-13)17(20(24)26)8-7-14-9-15(22)12-16(23)10-14/h9-10,12-13,17-18H,4-8,11H2,1-3H3,(H2,24,26)/t17-,18+/m0/s1. The summed E-state index contributed by atoms with van der Waals surface area (Å²) in [6.45, 7) is 5.55. The number of primary amides is 1. The van der Waals surface area contributed by atoms with Crippen molar-refractivity contribution in [3.8, 4) is 0 Å². The molecule has 26 heavy (non-hydrogen) atoms. The van der Waals surface area contributed by atoms with E-state index >= 15 is 0 Å². The summed E-state index contributed by atoms with van der Waals surface area (Å²) >= 11 is 0. The lowest BCUT2D eigenvalue weighted by atomic mass is 9.68. The summed E-state index contributed by atoms with van der Waals surface area (Å²) in [7, 11) is 0. The van der Waals surface area contributed by atoms with Gasteiger partial charge in [-0.05, 0) is 42.9 Å². The predicted octanol–water partition coefficient (Wildman–Crippen LogP) is 4.42. The fourth-order valence-corrected chi connectivity index (χ4v) is 3.72. The number of ketones is 1. The van der Waals surface area contributed by atoms with Crippen LogP contribution in [0.1, 0.15) is 58.4 Å². The number of carbonyl (C=O) groups is 2. The van der Waals surface area contributed by atoms with Gasteiger partial charge in [-0.15, -0.1) is 0 Å². The van der Waals surface area contributed by atoms with Crippen molar-refractivity contribution in [1.29, 1.82) is 0 Å². The Balaban J connectivity index is 2.18. The molecule has 1 fully saturated rings. The number of aryl methyl sites for hydroxylation is 1. The zero-order chi connectivity index (χ0) is 19.5. The molecule has 0 unspecified atom stereocenters. The molecule has 0 aromatic heterocycles. The Hall–Kier alpha value is -1.78. The normalized spacial score (nSPS) is 17.4. The van der Waals surface area contributed by atoms with Gasteiger partial charge in [-0.25, -0.2) is 8.78 Å². The van der Waals surface area contributed by atoms with Crippen LogP contribution in [0.15, 0.2) is 18.2 Å². The summed E-state index contributed by atoms with van der Waals surface area (Å²) in [5.41, 5.74) is 5.55. The monoisotopic (exact) mass is 365 g/mol. The van der Waals surface area contributed by atoms with E-state index in [2.05, 4.69) is 0 Å². The third kappa shape index (κ3) is 5.36. The Morgan fingerprint density at radius 2 is 1.69 bits per heavy atom. The quantitative estimate of drug-likeness (QED) is 0.741. The second kappa shape index (κ2) is 8.28. The predicted molar refractivity (Wildman–Crippen MR) is 97.3 cm³/mol. The maximum absolute atomic E-state index is 13.4. The van der Waals surface area contributed by atoms with Crippen LogP contribution in [0.5, 0.6) is 0 Å². The summed E-state index contributed by atoms with van der Waals surface area (Å²) in [4.78, 5) is 25.1. The van der Waals surface area contributed by atoms with Gasteiger partial charge in [-0.3, -0.25) is 9.59 Å². The molecule has 1 saturated carbocycles. The molecule has 3 nitrogen and oxygen atoms in total. The molecule has 1 aliphatic rings. The Bertz CT molecular complexity index is 642. The zero-order valence-electron chi connectivity index (χ0n) is 15.9. The van der Waals surface area contributed by atoms with Crippen molar-refractivity contribution in [1.82, 2.24) is 0 Å². The topological polar surface area (TPSA) is 60.2 Å². The van der Waals surface area contributed by atoms with Crippen molar-refractivity contribution in [2.75, 3.05) is 0 Å². The zero-order valence-corrected chi connectivity index (χ0v) is 15.9. The molecule has 5 heteroatoms. The summed E-state index contributed by atoms with van der Waals surface area (Å²) in [5, 5.41) is 0. The smallest absolute Gasteiger partial charge is 0.221 e. The molecule has 144 valence electrons. The van der Waals surface area contributed by atoms with Crippen molar-refractivity contribution in [3.05, 3.63) is 35.4 Å². The van der Waals surface area contributed by atoms with E-state index in [0.29, 0.717) is 30.7 Å². The van der Waals surface area contributed by atoms with E-state index in [1.165, 1.54) is 12.1 Å². The Morgan fingerprint density at radius 1 is 1.12 bits per heavy atom. The number of halogens is 2. The second-order valence-electron chi connectivity index (χ2n) is 8.58. The van der Waals surface area contributed by atoms with Crippen LogP contribution in [0.4, 0.5) is 8.78 Å². The van der Waals surface area contributed by atoms with Gasteiger partial charge in [0.2, 0.25) is 5.91 Å². The molecule has 2 rings (SSSR count). The van der Waals surface area contributed by atoms with Crippen molar-refractivity contribution in [3.63, 3.8) is 0 Å². The molecule has 0 heterocycles. The molecule has 1 aromatic rings. The number of nitrogens with two attached hydrogens (primary N) is 1. The molecule has 1 aromatic carbocycles. The summed E-state index contributed by atoms with van der Waals surface area (Å²) in [5.74, 6) is -2.35. The molecule has 2 atom stereocenters.